The maximum Gasteiger partial charge on any atom is 0.282 e. The van der Waals surface area contributed by atoms with Crippen molar-refractivity contribution in [3.05, 3.63) is 29.8 Å². The summed E-state index contributed by atoms with van der Waals surface area (Å²) < 4.78 is 0. The Morgan fingerprint density at radius 2 is 1.67 bits per heavy atom. The fourth-order valence-electron chi connectivity index (χ4n) is 1.71. The number of nitrogens with one attached hydrogen (secondary N) is 1. The molecule has 0 aromatic heterocycles. The quantitative estimate of drug-likeness (QED) is 0.770. The van der Waals surface area contributed by atoms with Crippen LogP contribution in [0.4, 0.5) is 5.69 Å². The van der Waals surface area contributed by atoms with Gasteiger partial charge < -0.3 is 10.6 Å². The lowest BCUT2D eigenvalue weighted by molar-refractivity contribution is -0.700. The fraction of sp³-hybridized carbons (Fsp3) is 0.429. The summed E-state index contributed by atoms with van der Waals surface area (Å²) in [5, 5.41) is 4.83. The van der Waals surface area contributed by atoms with Gasteiger partial charge >= 0.3 is 0 Å². The highest BCUT2D eigenvalue weighted by molar-refractivity contribution is 5.96. The third kappa shape index (κ3) is 4.30. The molecular weight excluding hydrogens is 228 g/mol. The maximum atomic E-state index is 11.9. The molecular formula is C14H21N2O2+. The van der Waals surface area contributed by atoms with Gasteiger partial charge in [-0.15, -0.1) is 0 Å². The minimum atomic E-state index is -0.127. The molecule has 0 spiro atoms. The lowest BCUT2D eigenvalue weighted by Crippen LogP contribution is -2.95. The molecule has 18 heavy (non-hydrogen) atoms. The Balaban J connectivity index is 2.62. The fourth-order valence-corrected chi connectivity index (χ4v) is 1.71. The molecule has 4 nitrogen and oxygen atoms in total. The number of amides is 1. The van der Waals surface area contributed by atoms with Gasteiger partial charge in [0.15, 0.2) is 11.8 Å². The van der Waals surface area contributed by atoms with E-state index in [0.29, 0.717) is 17.3 Å². The first kappa shape index (κ1) is 14.4. The number of carbonyl (C=O) groups is 2. The second-order valence-electron chi connectivity index (χ2n) is 4.85. The molecule has 0 saturated carbocycles. The average molecular weight is 249 g/mol. The van der Waals surface area contributed by atoms with Gasteiger partial charge in [-0.1, -0.05) is 0 Å². The van der Waals surface area contributed by atoms with Crippen molar-refractivity contribution in [3.63, 3.8) is 0 Å². The molecule has 1 amide bonds. The SMILES string of the molecule is CC(=O)c1ccc(NC(=O)[C@@H](C)[NH2+]C(C)C)cc1. The topological polar surface area (TPSA) is 62.8 Å². The molecule has 0 heterocycles. The van der Waals surface area contributed by atoms with E-state index in [9.17, 15) is 9.59 Å². The van der Waals surface area contributed by atoms with Gasteiger partial charge in [0.05, 0.1) is 6.04 Å². The predicted molar refractivity (Wildman–Crippen MR) is 71.6 cm³/mol. The van der Waals surface area contributed by atoms with Crippen molar-refractivity contribution < 1.29 is 14.9 Å². The van der Waals surface area contributed by atoms with E-state index < -0.39 is 0 Å². The normalized spacial score (nSPS) is 12.3. The number of benzene rings is 1. The van der Waals surface area contributed by atoms with Crippen LogP contribution >= 0.6 is 0 Å². The summed E-state index contributed by atoms with van der Waals surface area (Å²) in [6.45, 7) is 7.49. The van der Waals surface area contributed by atoms with E-state index in [1.807, 2.05) is 26.1 Å². The van der Waals surface area contributed by atoms with Crippen LogP contribution in [-0.4, -0.2) is 23.8 Å². The lowest BCUT2D eigenvalue weighted by Gasteiger charge is -2.13. The number of nitrogens with two attached hydrogens (primary N) is 1. The van der Waals surface area contributed by atoms with E-state index in [1.165, 1.54) is 6.92 Å². The molecule has 1 aromatic carbocycles. The molecule has 0 bridgehead atoms. The van der Waals surface area contributed by atoms with Crippen LogP contribution in [0.3, 0.4) is 0 Å². The van der Waals surface area contributed by atoms with Gasteiger partial charge in [0, 0.05) is 11.3 Å². The van der Waals surface area contributed by atoms with Crippen LogP contribution in [0, 0.1) is 0 Å². The van der Waals surface area contributed by atoms with Gasteiger partial charge in [0.2, 0.25) is 0 Å². The van der Waals surface area contributed by atoms with E-state index in [2.05, 4.69) is 5.32 Å². The zero-order chi connectivity index (χ0) is 13.7. The average Bonchev–Trinajstić information content (AvgIpc) is 2.28. The lowest BCUT2D eigenvalue weighted by atomic mass is 10.1. The number of hydrogen-bond donors (Lipinski definition) is 2. The summed E-state index contributed by atoms with van der Waals surface area (Å²) >= 11 is 0. The van der Waals surface area contributed by atoms with Crippen molar-refractivity contribution in [1.82, 2.24) is 0 Å². The summed E-state index contributed by atoms with van der Waals surface area (Å²) in [4.78, 5) is 23.0. The number of Topliss-reactive ketones (excluding diaryl/α,β-unsaturated/α-hetero) is 1. The number of anilines is 1. The molecule has 98 valence electrons. The van der Waals surface area contributed by atoms with E-state index in [0.717, 1.165) is 0 Å². The Bertz CT molecular complexity index is 424. The largest absolute Gasteiger partial charge is 0.334 e. The Hall–Kier alpha value is -1.68. The van der Waals surface area contributed by atoms with Crippen molar-refractivity contribution in [2.24, 2.45) is 0 Å². The number of quaternary nitrogens is 1. The molecule has 1 atom stereocenters. The Kier molecular flexibility index (Phi) is 5.04. The van der Waals surface area contributed by atoms with Crippen molar-refractivity contribution in [1.29, 1.82) is 0 Å². The second-order valence-corrected chi connectivity index (χ2v) is 4.85. The van der Waals surface area contributed by atoms with Gasteiger partial charge in [-0.2, -0.15) is 0 Å². The Labute approximate surface area is 108 Å². The van der Waals surface area contributed by atoms with Crippen LogP contribution in [-0.2, 0) is 4.79 Å². The van der Waals surface area contributed by atoms with Crippen LogP contribution in [0.15, 0.2) is 24.3 Å². The standard InChI is InChI=1S/C14H20N2O2/c1-9(2)15-10(3)14(18)16-13-7-5-12(6-8-13)11(4)17/h5-10,15H,1-4H3,(H,16,18)/p+1/t10-/m1/s1. The zero-order valence-corrected chi connectivity index (χ0v) is 11.4. The van der Waals surface area contributed by atoms with Crippen LogP contribution in [0.25, 0.3) is 0 Å². The third-order valence-corrected chi connectivity index (χ3v) is 2.65. The molecule has 1 rings (SSSR count). The van der Waals surface area contributed by atoms with Crippen LogP contribution in [0.5, 0.6) is 0 Å². The summed E-state index contributed by atoms with van der Waals surface area (Å²) in [6, 6.07) is 7.18. The molecule has 0 radical (unpaired) electrons. The van der Waals surface area contributed by atoms with Gasteiger partial charge in [-0.25, -0.2) is 0 Å². The third-order valence-electron chi connectivity index (χ3n) is 2.65. The first-order chi connectivity index (χ1) is 8.40. The molecule has 0 aliphatic rings. The molecule has 0 aliphatic carbocycles. The highest BCUT2D eigenvalue weighted by Gasteiger charge is 2.17. The Morgan fingerprint density at radius 3 is 2.11 bits per heavy atom. The van der Waals surface area contributed by atoms with Gasteiger partial charge in [-0.05, 0) is 52.0 Å². The first-order valence-electron chi connectivity index (χ1n) is 6.17. The molecule has 0 fully saturated rings. The van der Waals surface area contributed by atoms with Crippen molar-refractivity contribution >= 4 is 17.4 Å². The van der Waals surface area contributed by atoms with E-state index in [1.54, 1.807) is 24.3 Å². The highest BCUT2D eigenvalue weighted by atomic mass is 16.2. The summed E-state index contributed by atoms with van der Waals surface area (Å²) in [5.74, 6) is -0.00587. The molecule has 0 unspecified atom stereocenters. The van der Waals surface area contributed by atoms with E-state index >= 15 is 0 Å². The summed E-state index contributed by atoms with van der Waals surface area (Å²) in [6.07, 6.45) is 0. The molecule has 0 aliphatic heterocycles. The molecule has 3 N–H and O–H groups in total. The van der Waals surface area contributed by atoms with Gasteiger partial charge in [-0.3, -0.25) is 9.59 Å². The predicted octanol–water partition coefficient (Wildman–Crippen LogP) is 1.19. The van der Waals surface area contributed by atoms with E-state index in [-0.39, 0.29) is 17.7 Å². The number of ketones is 1. The van der Waals surface area contributed by atoms with E-state index in [4.69, 9.17) is 0 Å². The van der Waals surface area contributed by atoms with Crippen molar-refractivity contribution in [3.8, 4) is 0 Å². The summed E-state index contributed by atoms with van der Waals surface area (Å²) in [5.41, 5.74) is 1.36. The number of carbonyl (C=O) groups excluding carboxylic acids is 2. The minimum absolute atomic E-state index is 0.0226. The van der Waals surface area contributed by atoms with Crippen molar-refractivity contribution in [2.75, 3.05) is 5.32 Å². The monoisotopic (exact) mass is 249 g/mol. The van der Waals surface area contributed by atoms with Crippen LogP contribution < -0.4 is 10.6 Å². The highest BCUT2D eigenvalue weighted by Crippen LogP contribution is 2.10. The Morgan fingerprint density at radius 1 is 1.11 bits per heavy atom. The van der Waals surface area contributed by atoms with Gasteiger partial charge in [0.1, 0.15) is 0 Å². The van der Waals surface area contributed by atoms with Gasteiger partial charge in [0.25, 0.3) is 5.91 Å². The minimum Gasteiger partial charge on any atom is -0.334 e. The second kappa shape index (κ2) is 6.31. The van der Waals surface area contributed by atoms with Crippen LogP contribution in [0.1, 0.15) is 38.1 Å². The zero-order valence-electron chi connectivity index (χ0n) is 11.4. The summed E-state index contributed by atoms with van der Waals surface area (Å²) in [7, 11) is 0. The van der Waals surface area contributed by atoms with Crippen molar-refractivity contribution in [2.45, 2.75) is 39.8 Å². The van der Waals surface area contributed by atoms with Crippen LogP contribution in [0.2, 0.25) is 0 Å². The molecule has 4 heteroatoms. The first-order valence-corrected chi connectivity index (χ1v) is 6.17. The molecule has 1 aromatic rings. The maximum absolute atomic E-state index is 11.9. The molecule has 0 saturated heterocycles. The number of hydrogen-bond acceptors (Lipinski definition) is 2. The smallest absolute Gasteiger partial charge is 0.282 e. The number of rotatable bonds is 5.